The van der Waals surface area contributed by atoms with Crippen LogP contribution in [-0.4, -0.2) is 23.6 Å². The van der Waals surface area contributed by atoms with Crippen molar-refractivity contribution < 1.29 is 9.59 Å². The van der Waals surface area contributed by atoms with Crippen molar-refractivity contribution in [2.24, 2.45) is 5.92 Å². The lowest BCUT2D eigenvalue weighted by molar-refractivity contribution is -0.123. The van der Waals surface area contributed by atoms with Gasteiger partial charge in [-0.3, -0.25) is 9.59 Å². The Hall–Kier alpha value is -1.49. The topological polar surface area (TPSA) is 58.2 Å². The smallest absolute Gasteiger partial charge is 0.229 e. The molecular formula is C16H20N2O2S. The molecule has 1 unspecified atom stereocenters. The lowest BCUT2D eigenvalue weighted by Gasteiger charge is -2.15. The fraction of sp³-hybridized carbons (Fsp3) is 0.500. The predicted octanol–water partition coefficient (Wildman–Crippen LogP) is 2.80. The number of hydrogen-bond acceptors (Lipinski definition) is 3. The fourth-order valence-electron chi connectivity index (χ4n) is 2.88. The maximum absolute atomic E-state index is 12.2. The van der Waals surface area contributed by atoms with E-state index >= 15 is 0 Å². The van der Waals surface area contributed by atoms with E-state index in [9.17, 15) is 9.59 Å². The zero-order valence-corrected chi connectivity index (χ0v) is 12.7. The lowest BCUT2D eigenvalue weighted by atomic mass is 10.1. The Labute approximate surface area is 129 Å². The lowest BCUT2D eigenvalue weighted by Crippen LogP contribution is -2.25. The molecule has 1 heterocycles. The third-order valence-corrected chi connectivity index (χ3v) is 5.50. The predicted molar refractivity (Wildman–Crippen MR) is 84.3 cm³/mol. The number of para-hydroxylation sites is 1. The molecule has 0 bridgehead atoms. The highest BCUT2D eigenvalue weighted by Gasteiger charge is 2.28. The van der Waals surface area contributed by atoms with Gasteiger partial charge in [0.1, 0.15) is 0 Å². The third kappa shape index (κ3) is 3.59. The molecule has 112 valence electrons. The van der Waals surface area contributed by atoms with Crippen LogP contribution in [0.4, 0.5) is 5.69 Å². The maximum Gasteiger partial charge on any atom is 0.229 e. The maximum atomic E-state index is 12.2. The average molecular weight is 304 g/mol. The van der Waals surface area contributed by atoms with Gasteiger partial charge in [-0.1, -0.05) is 25.0 Å². The number of thioether (sulfide) groups is 1. The Kier molecular flexibility index (Phi) is 4.48. The van der Waals surface area contributed by atoms with Crippen LogP contribution in [0.5, 0.6) is 0 Å². The Morgan fingerprint density at radius 1 is 1.24 bits per heavy atom. The molecule has 2 N–H and O–H groups in total. The van der Waals surface area contributed by atoms with Crippen LogP contribution in [0.25, 0.3) is 0 Å². The molecule has 1 aromatic carbocycles. The first-order chi connectivity index (χ1) is 10.2. The highest BCUT2D eigenvalue weighted by atomic mass is 32.2. The molecule has 1 atom stereocenters. The van der Waals surface area contributed by atoms with E-state index in [-0.39, 0.29) is 17.7 Å². The Bertz CT molecular complexity index is 541. The van der Waals surface area contributed by atoms with E-state index in [4.69, 9.17) is 0 Å². The highest BCUT2D eigenvalue weighted by Crippen LogP contribution is 2.38. The van der Waals surface area contributed by atoms with E-state index in [1.54, 1.807) is 0 Å². The molecule has 2 fully saturated rings. The molecule has 0 aromatic heterocycles. The molecule has 1 aliphatic heterocycles. The summed E-state index contributed by atoms with van der Waals surface area (Å²) >= 11 is 1.87. The standard InChI is InChI=1S/C16H20N2O2S/c19-15-9-11(10-17-15)16(20)18-13-7-3-4-8-14(13)21-12-5-1-2-6-12/h3-4,7-8,11-12H,1-2,5-6,9-10H2,(H,17,19)(H,18,20). The van der Waals surface area contributed by atoms with Crippen molar-refractivity contribution in [2.45, 2.75) is 42.2 Å². The van der Waals surface area contributed by atoms with Crippen LogP contribution in [0, 0.1) is 5.92 Å². The summed E-state index contributed by atoms with van der Waals surface area (Å²) in [5, 5.41) is 6.36. The van der Waals surface area contributed by atoms with Crippen molar-refractivity contribution in [1.82, 2.24) is 5.32 Å². The third-order valence-electron chi connectivity index (χ3n) is 4.09. The van der Waals surface area contributed by atoms with Crippen LogP contribution < -0.4 is 10.6 Å². The summed E-state index contributed by atoms with van der Waals surface area (Å²) in [6.07, 6.45) is 5.43. The van der Waals surface area contributed by atoms with E-state index in [0.29, 0.717) is 18.2 Å². The first kappa shape index (κ1) is 14.4. The Morgan fingerprint density at radius 3 is 2.71 bits per heavy atom. The van der Waals surface area contributed by atoms with Gasteiger partial charge in [-0.2, -0.15) is 0 Å². The van der Waals surface area contributed by atoms with E-state index in [2.05, 4.69) is 16.7 Å². The average Bonchev–Trinajstić information content (AvgIpc) is 3.12. The number of benzene rings is 1. The number of carbonyl (C=O) groups excluding carboxylic acids is 2. The van der Waals surface area contributed by atoms with Crippen molar-refractivity contribution in [3.05, 3.63) is 24.3 Å². The van der Waals surface area contributed by atoms with Crippen molar-refractivity contribution in [3.8, 4) is 0 Å². The van der Waals surface area contributed by atoms with Crippen molar-refractivity contribution in [1.29, 1.82) is 0 Å². The molecule has 2 aliphatic rings. The van der Waals surface area contributed by atoms with Crippen molar-refractivity contribution in [2.75, 3.05) is 11.9 Å². The second kappa shape index (κ2) is 6.52. The quantitative estimate of drug-likeness (QED) is 0.899. The summed E-state index contributed by atoms with van der Waals surface area (Å²) in [5.74, 6) is -0.348. The summed E-state index contributed by atoms with van der Waals surface area (Å²) in [6.45, 7) is 0.447. The van der Waals surface area contributed by atoms with E-state index in [1.807, 2.05) is 30.0 Å². The van der Waals surface area contributed by atoms with Gasteiger partial charge >= 0.3 is 0 Å². The van der Waals surface area contributed by atoms with E-state index < -0.39 is 0 Å². The van der Waals surface area contributed by atoms with Gasteiger partial charge < -0.3 is 10.6 Å². The molecule has 21 heavy (non-hydrogen) atoms. The number of carbonyl (C=O) groups is 2. The molecule has 4 nitrogen and oxygen atoms in total. The van der Waals surface area contributed by atoms with Crippen molar-refractivity contribution in [3.63, 3.8) is 0 Å². The van der Waals surface area contributed by atoms with Crippen LogP contribution in [-0.2, 0) is 9.59 Å². The van der Waals surface area contributed by atoms with Gasteiger partial charge in [0.15, 0.2) is 0 Å². The molecule has 0 spiro atoms. The highest BCUT2D eigenvalue weighted by molar-refractivity contribution is 8.00. The van der Waals surface area contributed by atoms with E-state index in [0.717, 1.165) is 10.6 Å². The van der Waals surface area contributed by atoms with Gasteiger partial charge in [-0.25, -0.2) is 0 Å². The molecule has 1 saturated heterocycles. The summed E-state index contributed by atoms with van der Waals surface area (Å²) in [5.41, 5.74) is 0.874. The minimum atomic E-state index is -0.248. The zero-order valence-electron chi connectivity index (χ0n) is 11.9. The Morgan fingerprint density at radius 2 is 2.00 bits per heavy atom. The van der Waals surface area contributed by atoms with Gasteiger partial charge in [0.2, 0.25) is 11.8 Å². The molecule has 1 aliphatic carbocycles. The molecule has 3 rings (SSSR count). The van der Waals surface area contributed by atoms with Gasteiger partial charge in [0, 0.05) is 23.1 Å². The molecular weight excluding hydrogens is 284 g/mol. The van der Waals surface area contributed by atoms with Crippen molar-refractivity contribution >= 4 is 29.3 Å². The van der Waals surface area contributed by atoms with Crippen LogP contribution >= 0.6 is 11.8 Å². The molecule has 5 heteroatoms. The number of amides is 2. The second-order valence-corrected chi connectivity index (χ2v) is 7.06. The number of anilines is 1. The first-order valence-electron chi connectivity index (χ1n) is 7.55. The van der Waals surface area contributed by atoms with Gasteiger partial charge in [-0.15, -0.1) is 11.8 Å². The summed E-state index contributed by atoms with van der Waals surface area (Å²) < 4.78 is 0. The zero-order chi connectivity index (χ0) is 14.7. The van der Waals surface area contributed by atoms with Crippen LogP contribution in [0.15, 0.2) is 29.2 Å². The molecule has 2 amide bonds. The summed E-state index contributed by atoms with van der Waals surface area (Å²) in [4.78, 5) is 24.6. The minimum Gasteiger partial charge on any atom is -0.355 e. The monoisotopic (exact) mass is 304 g/mol. The second-order valence-electron chi connectivity index (χ2n) is 5.71. The van der Waals surface area contributed by atoms with Crippen LogP contribution in [0.2, 0.25) is 0 Å². The van der Waals surface area contributed by atoms with Gasteiger partial charge in [-0.05, 0) is 25.0 Å². The van der Waals surface area contributed by atoms with Crippen LogP contribution in [0.3, 0.4) is 0 Å². The summed E-state index contributed by atoms with van der Waals surface area (Å²) in [6, 6.07) is 7.95. The molecule has 1 aromatic rings. The number of rotatable bonds is 4. The van der Waals surface area contributed by atoms with Gasteiger partial charge in [0.25, 0.3) is 0 Å². The Balaban J connectivity index is 1.66. The first-order valence-corrected chi connectivity index (χ1v) is 8.43. The molecule has 1 saturated carbocycles. The normalized spacial score (nSPS) is 22.3. The number of hydrogen-bond donors (Lipinski definition) is 2. The van der Waals surface area contributed by atoms with E-state index in [1.165, 1.54) is 25.7 Å². The molecule has 0 radical (unpaired) electrons. The van der Waals surface area contributed by atoms with Gasteiger partial charge in [0.05, 0.1) is 11.6 Å². The largest absolute Gasteiger partial charge is 0.355 e. The van der Waals surface area contributed by atoms with Crippen LogP contribution in [0.1, 0.15) is 32.1 Å². The SMILES string of the molecule is O=C1CC(C(=O)Nc2ccccc2SC2CCCC2)CN1. The number of nitrogens with one attached hydrogen (secondary N) is 2. The summed E-state index contributed by atoms with van der Waals surface area (Å²) in [7, 11) is 0. The fourth-order valence-corrected chi connectivity index (χ4v) is 4.22. The minimum absolute atomic E-state index is 0.0382.